The van der Waals surface area contributed by atoms with Crippen LogP contribution in [0.3, 0.4) is 0 Å². The van der Waals surface area contributed by atoms with Crippen LogP contribution in [0.15, 0.2) is 24.3 Å². The fourth-order valence-electron chi connectivity index (χ4n) is 3.62. The van der Waals surface area contributed by atoms with Crippen LogP contribution in [0.4, 0.5) is 0 Å². The molecule has 1 saturated heterocycles. The number of benzene rings is 1. The lowest BCUT2D eigenvalue weighted by Gasteiger charge is -2.37. The number of amides is 1. The topological polar surface area (TPSA) is 58.4 Å². The van der Waals surface area contributed by atoms with E-state index < -0.39 is 5.54 Å². The molecule has 4 nitrogen and oxygen atoms in total. The van der Waals surface area contributed by atoms with E-state index in [0.717, 1.165) is 38.8 Å². The predicted octanol–water partition coefficient (Wildman–Crippen LogP) is 2.32. The van der Waals surface area contributed by atoms with E-state index in [2.05, 4.69) is 34.5 Å². The summed E-state index contributed by atoms with van der Waals surface area (Å²) in [6, 6.07) is 9.56. The Kier molecular flexibility index (Phi) is 7.54. The highest BCUT2D eigenvalue weighted by molar-refractivity contribution is 5.86. The van der Waals surface area contributed by atoms with Crippen LogP contribution in [-0.4, -0.2) is 41.5 Å². The summed E-state index contributed by atoms with van der Waals surface area (Å²) in [5.74, 6) is -0.0472. The van der Waals surface area contributed by atoms with Gasteiger partial charge in [-0.3, -0.25) is 9.69 Å². The maximum Gasteiger partial charge on any atom is 0.239 e. The SMILES string of the molecule is CC(C)(N)C(=O)NC1CCCN(C2Cc3ccccc3C2)C1.Cl.Cl. The first-order valence-corrected chi connectivity index (χ1v) is 8.34. The van der Waals surface area contributed by atoms with Crippen LogP contribution in [0.5, 0.6) is 0 Å². The fraction of sp³-hybridized carbons (Fsp3) is 0.611. The third kappa shape index (κ3) is 4.85. The number of carbonyl (C=O) groups is 1. The van der Waals surface area contributed by atoms with Crippen molar-refractivity contribution < 1.29 is 4.79 Å². The fourth-order valence-corrected chi connectivity index (χ4v) is 3.62. The highest BCUT2D eigenvalue weighted by Gasteiger charge is 2.32. The first-order chi connectivity index (χ1) is 10.4. The van der Waals surface area contributed by atoms with Gasteiger partial charge in [0.15, 0.2) is 0 Å². The molecule has 24 heavy (non-hydrogen) atoms. The molecule has 3 rings (SSSR count). The molecule has 0 aromatic heterocycles. The van der Waals surface area contributed by atoms with Gasteiger partial charge in [0, 0.05) is 18.6 Å². The van der Waals surface area contributed by atoms with Crippen molar-refractivity contribution in [3.05, 3.63) is 35.4 Å². The Morgan fingerprint density at radius 1 is 1.21 bits per heavy atom. The smallest absolute Gasteiger partial charge is 0.239 e. The van der Waals surface area contributed by atoms with Gasteiger partial charge in [-0.25, -0.2) is 0 Å². The Labute approximate surface area is 157 Å². The zero-order chi connectivity index (χ0) is 15.7. The number of halogens is 2. The second-order valence-electron chi connectivity index (χ2n) is 7.36. The number of likely N-dealkylation sites (tertiary alicyclic amines) is 1. The van der Waals surface area contributed by atoms with Gasteiger partial charge in [0.25, 0.3) is 0 Å². The van der Waals surface area contributed by atoms with Crippen molar-refractivity contribution >= 4 is 30.7 Å². The van der Waals surface area contributed by atoms with Crippen LogP contribution < -0.4 is 11.1 Å². The van der Waals surface area contributed by atoms with Crippen molar-refractivity contribution in [2.24, 2.45) is 5.73 Å². The number of hydrogen-bond acceptors (Lipinski definition) is 3. The zero-order valence-electron chi connectivity index (χ0n) is 14.5. The molecule has 1 unspecified atom stereocenters. The maximum atomic E-state index is 12.1. The third-order valence-electron chi connectivity index (χ3n) is 4.92. The predicted molar refractivity (Wildman–Crippen MR) is 103 cm³/mol. The summed E-state index contributed by atoms with van der Waals surface area (Å²) in [7, 11) is 0. The second kappa shape index (κ2) is 8.52. The van der Waals surface area contributed by atoms with Gasteiger partial charge < -0.3 is 11.1 Å². The molecule has 3 N–H and O–H groups in total. The van der Waals surface area contributed by atoms with Gasteiger partial charge in [-0.05, 0) is 57.2 Å². The molecular weight excluding hydrogens is 345 g/mol. The van der Waals surface area contributed by atoms with E-state index in [1.807, 2.05) is 0 Å². The van der Waals surface area contributed by atoms with Crippen LogP contribution >= 0.6 is 24.8 Å². The highest BCUT2D eigenvalue weighted by Crippen LogP contribution is 2.27. The van der Waals surface area contributed by atoms with Crippen LogP contribution in [0.1, 0.15) is 37.8 Å². The lowest BCUT2D eigenvalue weighted by molar-refractivity contribution is -0.126. The van der Waals surface area contributed by atoms with Crippen molar-refractivity contribution in [1.29, 1.82) is 0 Å². The van der Waals surface area contributed by atoms with E-state index in [9.17, 15) is 4.79 Å². The minimum atomic E-state index is -0.800. The molecular formula is C18H29Cl2N3O. The molecule has 1 atom stereocenters. The molecule has 1 heterocycles. The quantitative estimate of drug-likeness (QED) is 0.854. The number of rotatable bonds is 3. The van der Waals surface area contributed by atoms with Crippen LogP contribution in [0.25, 0.3) is 0 Å². The van der Waals surface area contributed by atoms with Gasteiger partial charge in [0.1, 0.15) is 0 Å². The van der Waals surface area contributed by atoms with Gasteiger partial charge in [0.2, 0.25) is 5.91 Å². The van der Waals surface area contributed by atoms with Crippen molar-refractivity contribution in [2.75, 3.05) is 13.1 Å². The lowest BCUT2D eigenvalue weighted by Crippen LogP contribution is -2.57. The van der Waals surface area contributed by atoms with Crippen molar-refractivity contribution in [3.63, 3.8) is 0 Å². The van der Waals surface area contributed by atoms with Gasteiger partial charge in [0.05, 0.1) is 5.54 Å². The third-order valence-corrected chi connectivity index (χ3v) is 4.92. The number of nitrogens with two attached hydrogens (primary N) is 1. The Bertz CT molecular complexity index is 534. The molecule has 1 aliphatic heterocycles. The molecule has 0 radical (unpaired) electrons. The summed E-state index contributed by atoms with van der Waals surface area (Å²) in [4.78, 5) is 14.6. The van der Waals surface area contributed by atoms with E-state index in [1.165, 1.54) is 11.1 Å². The number of nitrogens with zero attached hydrogens (tertiary/aromatic N) is 1. The monoisotopic (exact) mass is 373 g/mol. The number of nitrogens with one attached hydrogen (secondary N) is 1. The molecule has 1 aliphatic carbocycles. The number of fused-ring (bicyclic) bond motifs is 1. The molecule has 136 valence electrons. The minimum Gasteiger partial charge on any atom is -0.351 e. The van der Waals surface area contributed by atoms with Crippen LogP contribution in [0.2, 0.25) is 0 Å². The Morgan fingerprint density at radius 2 is 1.79 bits per heavy atom. The van der Waals surface area contributed by atoms with Crippen molar-refractivity contribution in [3.8, 4) is 0 Å². The summed E-state index contributed by atoms with van der Waals surface area (Å²) < 4.78 is 0. The molecule has 1 aromatic rings. The molecule has 1 aromatic carbocycles. The van der Waals surface area contributed by atoms with Crippen LogP contribution in [0, 0.1) is 0 Å². The summed E-state index contributed by atoms with van der Waals surface area (Å²) in [6.45, 7) is 5.60. The van der Waals surface area contributed by atoms with E-state index in [0.29, 0.717) is 6.04 Å². The lowest BCUT2D eigenvalue weighted by atomic mass is 10.00. The molecule has 2 aliphatic rings. The summed E-state index contributed by atoms with van der Waals surface area (Å²) in [5, 5.41) is 3.13. The van der Waals surface area contributed by atoms with Gasteiger partial charge in [-0.2, -0.15) is 0 Å². The normalized spacial score (nSPS) is 21.4. The molecule has 1 fully saturated rings. The summed E-state index contributed by atoms with van der Waals surface area (Å²) >= 11 is 0. The maximum absolute atomic E-state index is 12.1. The largest absolute Gasteiger partial charge is 0.351 e. The zero-order valence-corrected chi connectivity index (χ0v) is 16.1. The molecule has 1 amide bonds. The Balaban J connectivity index is 0.00000144. The first kappa shape index (κ1) is 21.2. The summed E-state index contributed by atoms with van der Waals surface area (Å²) in [6.07, 6.45) is 4.47. The first-order valence-electron chi connectivity index (χ1n) is 8.34. The van der Waals surface area contributed by atoms with E-state index in [1.54, 1.807) is 13.8 Å². The summed E-state index contributed by atoms with van der Waals surface area (Å²) in [5.41, 5.74) is 8.06. The molecule has 6 heteroatoms. The number of carbonyl (C=O) groups excluding carboxylic acids is 1. The average molecular weight is 374 g/mol. The minimum absolute atomic E-state index is 0. The van der Waals surface area contributed by atoms with Gasteiger partial charge >= 0.3 is 0 Å². The average Bonchev–Trinajstić information content (AvgIpc) is 2.90. The van der Waals surface area contributed by atoms with Gasteiger partial charge in [-0.15, -0.1) is 24.8 Å². The van der Waals surface area contributed by atoms with Gasteiger partial charge in [-0.1, -0.05) is 24.3 Å². The second-order valence-corrected chi connectivity index (χ2v) is 7.36. The molecule has 0 spiro atoms. The number of hydrogen-bond donors (Lipinski definition) is 2. The molecule has 0 bridgehead atoms. The number of piperidine rings is 1. The highest BCUT2D eigenvalue weighted by atomic mass is 35.5. The van der Waals surface area contributed by atoms with E-state index in [4.69, 9.17) is 5.73 Å². The van der Waals surface area contributed by atoms with Crippen LogP contribution in [-0.2, 0) is 17.6 Å². The Hall–Kier alpha value is -0.810. The Morgan fingerprint density at radius 3 is 2.33 bits per heavy atom. The standard InChI is InChI=1S/C18H27N3O.2ClH/c1-18(2,19)17(22)20-15-8-5-9-21(12-15)16-10-13-6-3-4-7-14(13)11-16;;/h3-4,6-7,15-16H,5,8-12,19H2,1-2H3,(H,20,22);2*1H. The van der Waals surface area contributed by atoms with Crippen molar-refractivity contribution in [2.45, 2.75) is 57.2 Å². The van der Waals surface area contributed by atoms with Crippen molar-refractivity contribution in [1.82, 2.24) is 10.2 Å². The van der Waals surface area contributed by atoms with E-state index >= 15 is 0 Å². The van der Waals surface area contributed by atoms with E-state index in [-0.39, 0.29) is 36.8 Å². The molecule has 0 saturated carbocycles.